The summed E-state index contributed by atoms with van der Waals surface area (Å²) in [6.07, 6.45) is 6.48. The Kier molecular flexibility index (Phi) is 6.01. The summed E-state index contributed by atoms with van der Waals surface area (Å²) in [5.74, 6) is 1.37. The van der Waals surface area contributed by atoms with Crippen LogP contribution in [0, 0.1) is 0 Å². The molecule has 1 aromatic heterocycles. The Hall–Kier alpha value is -3.56. The zero-order valence-electron chi connectivity index (χ0n) is 20.3. The van der Waals surface area contributed by atoms with Crippen molar-refractivity contribution in [2.24, 2.45) is 0 Å². The van der Waals surface area contributed by atoms with E-state index in [0.29, 0.717) is 12.0 Å². The summed E-state index contributed by atoms with van der Waals surface area (Å²) >= 11 is 0. The molecule has 1 aliphatic rings. The third-order valence-corrected chi connectivity index (χ3v) is 7.71. The van der Waals surface area contributed by atoms with Gasteiger partial charge in [-0.1, -0.05) is 66.7 Å². The molecule has 3 heteroatoms. The first-order chi connectivity index (χ1) is 17.3. The topological polar surface area (TPSA) is 37.0 Å². The van der Waals surface area contributed by atoms with E-state index in [9.17, 15) is 0 Å². The zero-order chi connectivity index (χ0) is 23.6. The van der Waals surface area contributed by atoms with Crippen LogP contribution >= 0.6 is 0 Å². The number of H-pyrrole nitrogens is 1. The van der Waals surface area contributed by atoms with Gasteiger partial charge in [0.1, 0.15) is 5.75 Å². The lowest BCUT2D eigenvalue weighted by Gasteiger charge is -2.35. The zero-order valence-corrected chi connectivity index (χ0v) is 20.3. The highest BCUT2D eigenvalue weighted by Crippen LogP contribution is 2.37. The molecule has 2 atom stereocenters. The minimum Gasteiger partial charge on any atom is -0.497 e. The van der Waals surface area contributed by atoms with Crippen LogP contribution in [0.4, 0.5) is 0 Å². The summed E-state index contributed by atoms with van der Waals surface area (Å²) < 4.78 is 5.62. The average Bonchev–Trinajstić information content (AvgIpc) is 3.32. The molecule has 1 heterocycles. The number of aromatic amines is 1. The van der Waals surface area contributed by atoms with E-state index in [2.05, 4.69) is 101 Å². The Bertz CT molecular complexity index is 1470. The van der Waals surface area contributed by atoms with Gasteiger partial charge in [-0.2, -0.15) is 0 Å². The van der Waals surface area contributed by atoms with Crippen LogP contribution in [-0.2, 0) is 19.3 Å². The van der Waals surface area contributed by atoms with Gasteiger partial charge in [0.15, 0.2) is 0 Å². The maximum atomic E-state index is 5.62. The van der Waals surface area contributed by atoms with Crippen molar-refractivity contribution < 1.29 is 4.74 Å². The summed E-state index contributed by atoms with van der Waals surface area (Å²) in [6.45, 7) is 0.972. The molecule has 4 aromatic carbocycles. The van der Waals surface area contributed by atoms with Crippen molar-refractivity contribution in [3.63, 3.8) is 0 Å². The standard InChI is InChI=1S/C32H32N2O/c1-35-27-14-12-24-13-15-32(33-17-16-26-21-34-31-9-5-4-8-28(26)31)30(29(24)20-27)19-22-10-11-23-6-2-3-7-25(23)18-22/h2-12,14,18,20-21,30,32-34H,13,15-17,19H2,1H3. The summed E-state index contributed by atoms with van der Waals surface area (Å²) in [6, 6.07) is 31.2. The Morgan fingerprint density at radius 3 is 2.69 bits per heavy atom. The summed E-state index contributed by atoms with van der Waals surface area (Å²) in [5.41, 5.74) is 6.90. The number of nitrogens with one attached hydrogen (secondary N) is 2. The molecule has 0 bridgehead atoms. The fraction of sp³-hybridized carbons (Fsp3) is 0.250. The number of aromatic nitrogens is 1. The van der Waals surface area contributed by atoms with E-state index in [0.717, 1.165) is 38.0 Å². The molecule has 0 saturated carbocycles. The molecule has 35 heavy (non-hydrogen) atoms. The molecule has 0 spiro atoms. The van der Waals surface area contributed by atoms with E-state index in [1.54, 1.807) is 7.11 Å². The van der Waals surface area contributed by atoms with E-state index < -0.39 is 0 Å². The quantitative estimate of drug-likeness (QED) is 0.280. The maximum absolute atomic E-state index is 5.62. The van der Waals surface area contributed by atoms with Crippen molar-refractivity contribution in [1.29, 1.82) is 0 Å². The number of ether oxygens (including phenoxy) is 1. The van der Waals surface area contributed by atoms with E-state index >= 15 is 0 Å². The number of hydrogen-bond acceptors (Lipinski definition) is 2. The Labute approximate surface area is 207 Å². The second-order valence-corrected chi connectivity index (χ2v) is 9.77. The van der Waals surface area contributed by atoms with E-state index in [1.165, 1.54) is 43.9 Å². The minimum atomic E-state index is 0.415. The number of hydrogen-bond donors (Lipinski definition) is 2. The van der Waals surface area contributed by atoms with Gasteiger partial charge in [-0.25, -0.2) is 0 Å². The Balaban J connectivity index is 1.26. The van der Waals surface area contributed by atoms with Gasteiger partial charge in [-0.15, -0.1) is 0 Å². The highest BCUT2D eigenvalue weighted by molar-refractivity contribution is 5.83. The van der Waals surface area contributed by atoms with Gasteiger partial charge in [-0.05, 0) is 83.5 Å². The first-order valence-electron chi connectivity index (χ1n) is 12.7. The van der Waals surface area contributed by atoms with Crippen LogP contribution in [0.1, 0.15) is 34.6 Å². The highest BCUT2D eigenvalue weighted by atomic mass is 16.5. The summed E-state index contributed by atoms with van der Waals surface area (Å²) in [7, 11) is 1.76. The number of benzene rings is 4. The van der Waals surface area contributed by atoms with Crippen molar-refractivity contribution in [3.8, 4) is 5.75 Å². The van der Waals surface area contributed by atoms with Gasteiger partial charge in [0.2, 0.25) is 0 Å². The van der Waals surface area contributed by atoms with Crippen LogP contribution in [-0.4, -0.2) is 24.7 Å². The van der Waals surface area contributed by atoms with Crippen LogP contribution in [0.25, 0.3) is 21.7 Å². The van der Waals surface area contributed by atoms with E-state index in [1.807, 2.05) is 0 Å². The number of rotatable bonds is 7. The number of methoxy groups -OCH3 is 1. The molecule has 2 unspecified atom stereocenters. The lowest BCUT2D eigenvalue weighted by Crippen LogP contribution is -2.40. The largest absolute Gasteiger partial charge is 0.497 e. The summed E-state index contributed by atoms with van der Waals surface area (Å²) in [4.78, 5) is 3.42. The van der Waals surface area contributed by atoms with Crippen LogP contribution in [0.3, 0.4) is 0 Å². The molecule has 0 amide bonds. The van der Waals surface area contributed by atoms with Crippen molar-refractivity contribution in [2.75, 3.05) is 13.7 Å². The van der Waals surface area contributed by atoms with Crippen LogP contribution in [0.15, 0.2) is 91.1 Å². The lowest BCUT2D eigenvalue weighted by atomic mass is 9.76. The Morgan fingerprint density at radius 2 is 1.77 bits per heavy atom. The highest BCUT2D eigenvalue weighted by Gasteiger charge is 2.30. The molecule has 0 radical (unpaired) electrons. The molecular formula is C32H32N2O. The van der Waals surface area contributed by atoms with Gasteiger partial charge >= 0.3 is 0 Å². The van der Waals surface area contributed by atoms with Gasteiger partial charge in [0.25, 0.3) is 0 Å². The van der Waals surface area contributed by atoms with Crippen molar-refractivity contribution in [3.05, 3.63) is 113 Å². The average molecular weight is 461 g/mol. The maximum Gasteiger partial charge on any atom is 0.119 e. The molecule has 1 aliphatic carbocycles. The van der Waals surface area contributed by atoms with Gasteiger partial charge in [0.05, 0.1) is 7.11 Å². The molecule has 0 aliphatic heterocycles. The first kappa shape index (κ1) is 21.9. The van der Waals surface area contributed by atoms with Crippen molar-refractivity contribution in [1.82, 2.24) is 10.3 Å². The van der Waals surface area contributed by atoms with Gasteiger partial charge in [-0.3, -0.25) is 0 Å². The predicted molar refractivity (Wildman–Crippen MR) is 146 cm³/mol. The van der Waals surface area contributed by atoms with Crippen LogP contribution < -0.4 is 10.1 Å². The molecule has 0 fully saturated rings. The van der Waals surface area contributed by atoms with Gasteiger partial charge in [0, 0.05) is 29.1 Å². The minimum absolute atomic E-state index is 0.415. The molecular weight excluding hydrogens is 428 g/mol. The first-order valence-corrected chi connectivity index (χ1v) is 12.7. The normalized spacial score (nSPS) is 17.5. The fourth-order valence-corrected chi connectivity index (χ4v) is 5.85. The van der Waals surface area contributed by atoms with E-state index in [-0.39, 0.29) is 0 Å². The second kappa shape index (κ2) is 9.59. The molecule has 3 nitrogen and oxygen atoms in total. The number of para-hydroxylation sites is 1. The number of fused-ring (bicyclic) bond motifs is 3. The molecule has 6 rings (SSSR count). The summed E-state index contributed by atoms with van der Waals surface area (Å²) in [5, 5.41) is 7.91. The van der Waals surface area contributed by atoms with Crippen molar-refractivity contribution >= 4 is 21.7 Å². The van der Waals surface area contributed by atoms with E-state index in [4.69, 9.17) is 4.74 Å². The number of aryl methyl sites for hydroxylation is 1. The Morgan fingerprint density at radius 1 is 0.914 bits per heavy atom. The molecule has 5 aromatic rings. The van der Waals surface area contributed by atoms with Crippen LogP contribution in [0.5, 0.6) is 5.75 Å². The van der Waals surface area contributed by atoms with Crippen LogP contribution in [0.2, 0.25) is 0 Å². The predicted octanol–water partition coefficient (Wildman–Crippen LogP) is 6.80. The second-order valence-electron chi connectivity index (χ2n) is 9.77. The fourth-order valence-electron chi connectivity index (χ4n) is 5.85. The molecule has 0 saturated heterocycles. The molecule has 2 N–H and O–H groups in total. The third kappa shape index (κ3) is 4.44. The third-order valence-electron chi connectivity index (χ3n) is 7.71. The lowest BCUT2D eigenvalue weighted by molar-refractivity contribution is 0.380. The monoisotopic (exact) mass is 460 g/mol. The molecule has 176 valence electrons. The SMILES string of the molecule is COc1ccc2c(c1)C(Cc1ccc3ccccc3c1)C(NCCc1c[nH]c3ccccc13)CC2. The smallest absolute Gasteiger partial charge is 0.119 e. The van der Waals surface area contributed by atoms with Gasteiger partial charge < -0.3 is 15.0 Å². The van der Waals surface area contributed by atoms with Crippen molar-refractivity contribution in [2.45, 2.75) is 37.6 Å².